The number of hydrogen-bond acceptors (Lipinski definition) is 3. The lowest BCUT2D eigenvalue weighted by Crippen LogP contribution is -2.04. The summed E-state index contributed by atoms with van der Waals surface area (Å²) in [7, 11) is 1.37. The molecule has 0 unspecified atom stereocenters. The van der Waals surface area contributed by atoms with E-state index in [1.54, 1.807) is 6.20 Å². The highest BCUT2D eigenvalue weighted by Crippen LogP contribution is 2.20. The Balaban J connectivity index is 2.76. The molecular formula is C10H10N2O2. The summed E-state index contributed by atoms with van der Waals surface area (Å²) in [4.78, 5) is 11.5. The number of nitrogens with one attached hydrogen (secondary N) is 1. The monoisotopic (exact) mass is 190 g/mol. The van der Waals surface area contributed by atoms with E-state index in [-0.39, 0.29) is 5.97 Å². The van der Waals surface area contributed by atoms with E-state index in [0.717, 1.165) is 16.5 Å². The van der Waals surface area contributed by atoms with E-state index in [0.29, 0.717) is 5.56 Å². The molecule has 0 bridgehead atoms. The standard InChI is InChI=1S/C10H10N2O2/c1-6-3-4-7-5-11-12-9(7)8(6)10(13)14-2/h3-5H,1-2H3,(H,11,12). The van der Waals surface area contributed by atoms with Gasteiger partial charge in [0, 0.05) is 5.39 Å². The summed E-state index contributed by atoms with van der Waals surface area (Å²) in [6.45, 7) is 1.87. The number of esters is 1. The van der Waals surface area contributed by atoms with Crippen LogP contribution >= 0.6 is 0 Å². The second-order valence-corrected chi connectivity index (χ2v) is 3.08. The van der Waals surface area contributed by atoms with Crippen LogP contribution in [0.15, 0.2) is 18.3 Å². The topological polar surface area (TPSA) is 55.0 Å². The van der Waals surface area contributed by atoms with Crippen molar-refractivity contribution in [1.29, 1.82) is 0 Å². The van der Waals surface area contributed by atoms with Crippen LogP contribution in [0.4, 0.5) is 0 Å². The third-order valence-corrected chi connectivity index (χ3v) is 2.22. The number of ether oxygens (including phenoxy) is 1. The van der Waals surface area contributed by atoms with Crippen LogP contribution in [0.25, 0.3) is 10.9 Å². The van der Waals surface area contributed by atoms with Gasteiger partial charge in [0.15, 0.2) is 0 Å². The smallest absolute Gasteiger partial charge is 0.340 e. The fourth-order valence-corrected chi connectivity index (χ4v) is 1.48. The van der Waals surface area contributed by atoms with Gasteiger partial charge < -0.3 is 4.74 Å². The number of carbonyl (C=O) groups is 1. The minimum Gasteiger partial charge on any atom is -0.465 e. The Morgan fingerprint density at radius 3 is 3.00 bits per heavy atom. The molecule has 0 saturated carbocycles. The van der Waals surface area contributed by atoms with Crippen LogP contribution in [0, 0.1) is 6.92 Å². The summed E-state index contributed by atoms with van der Waals surface area (Å²) in [6.07, 6.45) is 1.68. The quantitative estimate of drug-likeness (QED) is 0.696. The Morgan fingerprint density at radius 1 is 1.50 bits per heavy atom. The Kier molecular flexibility index (Phi) is 1.96. The van der Waals surface area contributed by atoms with Crippen LogP contribution in [-0.4, -0.2) is 23.3 Å². The van der Waals surface area contributed by atoms with Gasteiger partial charge in [0.25, 0.3) is 0 Å². The summed E-state index contributed by atoms with van der Waals surface area (Å²) >= 11 is 0. The number of aryl methyl sites for hydroxylation is 1. The van der Waals surface area contributed by atoms with Crippen LogP contribution in [0.5, 0.6) is 0 Å². The molecule has 0 amide bonds. The van der Waals surface area contributed by atoms with E-state index in [9.17, 15) is 4.79 Å². The van der Waals surface area contributed by atoms with E-state index in [1.165, 1.54) is 7.11 Å². The number of rotatable bonds is 1. The molecule has 14 heavy (non-hydrogen) atoms. The summed E-state index contributed by atoms with van der Waals surface area (Å²) < 4.78 is 4.71. The highest BCUT2D eigenvalue weighted by molar-refractivity contribution is 6.03. The third kappa shape index (κ3) is 1.16. The van der Waals surface area contributed by atoms with E-state index in [2.05, 4.69) is 10.2 Å². The highest BCUT2D eigenvalue weighted by Gasteiger charge is 2.14. The SMILES string of the molecule is COC(=O)c1c(C)ccc2cn[nH]c12. The van der Waals surface area contributed by atoms with Crippen molar-refractivity contribution >= 4 is 16.9 Å². The van der Waals surface area contributed by atoms with Gasteiger partial charge in [0.1, 0.15) is 0 Å². The molecule has 1 aromatic heterocycles. The molecule has 1 aromatic carbocycles. The lowest BCUT2D eigenvalue weighted by Gasteiger charge is -2.03. The number of methoxy groups -OCH3 is 1. The van der Waals surface area contributed by atoms with Gasteiger partial charge in [-0.05, 0) is 12.5 Å². The van der Waals surface area contributed by atoms with Crippen molar-refractivity contribution in [2.45, 2.75) is 6.92 Å². The largest absolute Gasteiger partial charge is 0.465 e. The number of benzene rings is 1. The van der Waals surface area contributed by atoms with Crippen LogP contribution in [0.2, 0.25) is 0 Å². The molecule has 2 aromatic rings. The summed E-state index contributed by atoms with van der Waals surface area (Å²) in [5, 5.41) is 7.59. The number of nitrogens with zero attached hydrogens (tertiary/aromatic N) is 1. The van der Waals surface area contributed by atoms with Crippen molar-refractivity contribution in [2.75, 3.05) is 7.11 Å². The van der Waals surface area contributed by atoms with Gasteiger partial charge in [-0.3, -0.25) is 5.10 Å². The van der Waals surface area contributed by atoms with Gasteiger partial charge in [-0.1, -0.05) is 12.1 Å². The van der Waals surface area contributed by atoms with Gasteiger partial charge in [-0.15, -0.1) is 0 Å². The molecular weight excluding hydrogens is 180 g/mol. The van der Waals surface area contributed by atoms with Crippen molar-refractivity contribution in [3.63, 3.8) is 0 Å². The van der Waals surface area contributed by atoms with Gasteiger partial charge in [-0.2, -0.15) is 5.10 Å². The van der Waals surface area contributed by atoms with Crippen LogP contribution < -0.4 is 0 Å². The molecule has 0 atom stereocenters. The maximum Gasteiger partial charge on any atom is 0.340 e. The Labute approximate surface area is 80.9 Å². The maximum atomic E-state index is 11.5. The lowest BCUT2D eigenvalue weighted by atomic mass is 10.1. The molecule has 1 N–H and O–H groups in total. The number of H-pyrrole nitrogens is 1. The fraction of sp³-hybridized carbons (Fsp3) is 0.200. The first-order valence-corrected chi connectivity index (χ1v) is 4.25. The Hall–Kier alpha value is -1.84. The van der Waals surface area contributed by atoms with E-state index < -0.39 is 0 Å². The van der Waals surface area contributed by atoms with Gasteiger partial charge in [-0.25, -0.2) is 4.79 Å². The first-order valence-electron chi connectivity index (χ1n) is 4.25. The second-order valence-electron chi connectivity index (χ2n) is 3.08. The molecule has 4 heteroatoms. The van der Waals surface area contributed by atoms with Gasteiger partial charge in [0.05, 0.1) is 24.4 Å². The maximum absolute atomic E-state index is 11.5. The molecule has 0 aliphatic heterocycles. The fourth-order valence-electron chi connectivity index (χ4n) is 1.48. The van der Waals surface area contributed by atoms with Crippen LogP contribution in [-0.2, 0) is 4.74 Å². The molecule has 0 fully saturated rings. The average Bonchev–Trinajstić information content (AvgIpc) is 2.64. The normalized spacial score (nSPS) is 10.4. The van der Waals surface area contributed by atoms with E-state index in [4.69, 9.17) is 4.74 Å². The van der Waals surface area contributed by atoms with Gasteiger partial charge >= 0.3 is 5.97 Å². The predicted molar refractivity (Wildman–Crippen MR) is 52.2 cm³/mol. The predicted octanol–water partition coefficient (Wildman–Crippen LogP) is 1.66. The number of aromatic nitrogens is 2. The second kappa shape index (κ2) is 3.14. The lowest BCUT2D eigenvalue weighted by molar-refractivity contribution is 0.0602. The first-order chi connectivity index (χ1) is 6.74. The van der Waals surface area contributed by atoms with Crippen molar-refractivity contribution in [3.8, 4) is 0 Å². The van der Waals surface area contributed by atoms with Crippen LogP contribution in [0.3, 0.4) is 0 Å². The third-order valence-electron chi connectivity index (χ3n) is 2.22. The van der Waals surface area contributed by atoms with Crippen molar-refractivity contribution in [1.82, 2.24) is 10.2 Å². The zero-order chi connectivity index (χ0) is 10.1. The number of carbonyl (C=O) groups excluding carboxylic acids is 1. The molecule has 2 rings (SSSR count). The minimum absolute atomic E-state index is 0.336. The summed E-state index contributed by atoms with van der Waals surface area (Å²) in [5.41, 5.74) is 2.17. The van der Waals surface area contributed by atoms with Crippen molar-refractivity contribution in [3.05, 3.63) is 29.5 Å². The van der Waals surface area contributed by atoms with Crippen molar-refractivity contribution in [2.24, 2.45) is 0 Å². The molecule has 4 nitrogen and oxygen atoms in total. The van der Waals surface area contributed by atoms with E-state index >= 15 is 0 Å². The summed E-state index contributed by atoms with van der Waals surface area (Å²) in [6, 6.07) is 3.80. The molecule has 0 spiro atoms. The van der Waals surface area contributed by atoms with E-state index in [1.807, 2.05) is 19.1 Å². The number of aromatic amines is 1. The molecule has 72 valence electrons. The highest BCUT2D eigenvalue weighted by atomic mass is 16.5. The zero-order valence-corrected chi connectivity index (χ0v) is 8.00. The minimum atomic E-state index is -0.336. The number of hydrogen-bond donors (Lipinski definition) is 1. The Morgan fingerprint density at radius 2 is 2.29 bits per heavy atom. The number of fused-ring (bicyclic) bond motifs is 1. The van der Waals surface area contributed by atoms with Gasteiger partial charge in [0.2, 0.25) is 0 Å². The Bertz CT molecular complexity index is 488. The molecule has 0 radical (unpaired) electrons. The molecule has 0 saturated heterocycles. The molecule has 1 heterocycles. The van der Waals surface area contributed by atoms with Crippen LogP contribution in [0.1, 0.15) is 15.9 Å². The first kappa shape index (κ1) is 8.74. The van der Waals surface area contributed by atoms with Crippen molar-refractivity contribution < 1.29 is 9.53 Å². The zero-order valence-electron chi connectivity index (χ0n) is 8.00. The average molecular weight is 190 g/mol. The molecule has 0 aliphatic rings. The summed E-state index contributed by atoms with van der Waals surface area (Å²) in [5.74, 6) is -0.336. The molecule has 0 aliphatic carbocycles.